The van der Waals surface area contributed by atoms with Crippen molar-refractivity contribution in [3.8, 4) is 0 Å². The van der Waals surface area contributed by atoms with Crippen LogP contribution in [0.4, 0.5) is 11.8 Å². The molecule has 15 heavy (non-hydrogen) atoms. The predicted molar refractivity (Wildman–Crippen MR) is 59.4 cm³/mol. The van der Waals surface area contributed by atoms with Crippen molar-refractivity contribution in [2.75, 3.05) is 29.6 Å². The Hall–Kier alpha value is -1.37. The van der Waals surface area contributed by atoms with Gasteiger partial charge in [0.15, 0.2) is 0 Å². The lowest BCUT2D eigenvalue weighted by Crippen LogP contribution is -2.15. The van der Waals surface area contributed by atoms with Gasteiger partial charge in [-0.3, -0.25) is 0 Å². The topological polar surface area (TPSA) is 98.0 Å². The van der Waals surface area contributed by atoms with E-state index in [-0.39, 0.29) is 11.7 Å². The van der Waals surface area contributed by atoms with Crippen molar-refractivity contribution in [3.63, 3.8) is 0 Å². The van der Waals surface area contributed by atoms with Gasteiger partial charge in [-0.15, -0.1) is 0 Å². The summed E-state index contributed by atoms with van der Waals surface area (Å²) < 4.78 is 21.8. The number of sulfone groups is 1. The van der Waals surface area contributed by atoms with Crippen molar-refractivity contribution in [2.45, 2.75) is 6.92 Å². The summed E-state index contributed by atoms with van der Waals surface area (Å²) in [5.41, 5.74) is 6.24. The quantitative estimate of drug-likeness (QED) is 0.744. The first-order chi connectivity index (χ1) is 6.88. The van der Waals surface area contributed by atoms with Crippen molar-refractivity contribution < 1.29 is 8.42 Å². The summed E-state index contributed by atoms with van der Waals surface area (Å²) in [5.74, 6) is 0.810. The molecule has 0 spiro atoms. The molecule has 0 aromatic carbocycles. The summed E-state index contributed by atoms with van der Waals surface area (Å²) in [6.07, 6.45) is 2.78. The number of nitrogen functional groups attached to an aromatic ring is 1. The molecule has 0 unspecified atom stereocenters. The Kier molecular flexibility index (Phi) is 3.46. The van der Waals surface area contributed by atoms with Crippen LogP contribution in [0.1, 0.15) is 5.56 Å². The van der Waals surface area contributed by atoms with Crippen LogP contribution in [-0.4, -0.2) is 36.9 Å². The highest BCUT2D eigenvalue weighted by atomic mass is 32.2. The van der Waals surface area contributed by atoms with Gasteiger partial charge in [0.1, 0.15) is 15.7 Å². The van der Waals surface area contributed by atoms with E-state index >= 15 is 0 Å². The molecule has 1 rings (SSSR count). The van der Waals surface area contributed by atoms with Crippen LogP contribution in [0.25, 0.3) is 0 Å². The monoisotopic (exact) mass is 230 g/mol. The summed E-state index contributed by atoms with van der Waals surface area (Å²) in [7, 11) is -2.95. The Morgan fingerprint density at radius 2 is 2.20 bits per heavy atom. The molecule has 0 fully saturated rings. The molecule has 0 bridgehead atoms. The zero-order chi connectivity index (χ0) is 11.5. The van der Waals surface area contributed by atoms with E-state index in [1.807, 2.05) is 6.92 Å². The van der Waals surface area contributed by atoms with Crippen LogP contribution in [0.5, 0.6) is 0 Å². The summed E-state index contributed by atoms with van der Waals surface area (Å²) in [6.45, 7) is 2.14. The first kappa shape index (κ1) is 11.7. The van der Waals surface area contributed by atoms with E-state index in [2.05, 4.69) is 15.3 Å². The maximum absolute atomic E-state index is 10.9. The van der Waals surface area contributed by atoms with Gasteiger partial charge in [-0.2, -0.15) is 4.98 Å². The van der Waals surface area contributed by atoms with Gasteiger partial charge in [0.2, 0.25) is 5.95 Å². The molecule has 1 aromatic rings. The average Bonchev–Trinajstić information content (AvgIpc) is 2.09. The van der Waals surface area contributed by atoms with E-state index in [9.17, 15) is 8.42 Å². The number of anilines is 2. The number of aromatic nitrogens is 2. The number of aryl methyl sites for hydroxylation is 1. The second-order valence-electron chi connectivity index (χ2n) is 3.32. The lowest BCUT2D eigenvalue weighted by atomic mass is 10.3. The van der Waals surface area contributed by atoms with E-state index in [0.29, 0.717) is 12.4 Å². The fraction of sp³-hybridized carbons (Fsp3) is 0.500. The first-order valence-electron chi connectivity index (χ1n) is 4.39. The van der Waals surface area contributed by atoms with E-state index in [1.165, 1.54) is 6.26 Å². The van der Waals surface area contributed by atoms with Gasteiger partial charge in [-0.1, -0.05) is 0 Å². The molecule has 0 aliphatic rings. The molecule has 0 saturated carbocycles. The van der Waals surface area contributed by atoms with Crippen LogP contribution >= 0.6 is 0 Å². The minimum atomic E-state index is -2.95. The molecule has 7 heteroatoms. The summed E-state index contributed by atoms with van der Waals surface area (Å²) >= 11 is 0. The third-order valence-corrected chi connectivity index (χ3v) is 2.70. The van der Waals surface area contributed by atoms with Crippen LogP contribution in [-0.2, 0) is 9.84 Å². The molecular weight excluding hydrogens is 216 g/mol. The molecule has 0 aliphatic carbocycles. The molecule has 1 aromatic heterocycles. The van der Waals surface area contributed by atoms with Crippen molar-refractivity contribution in [1.82, 2.24) is 9.97 Å². The highest BCUT2D eigenvalue weighted by molar-refractivity contribution is 7.90. The average molecular weight is 230 g/mol. The molecule has 3 N–H and O–H groups in total. The van der Waals surface area contributed by atoms with Crippen LogP contribution in [0.3, 0.4) is 0 Å². The first-order valence-corrected chi connectivity index (χ1v) is 6.45. The van der Waals surface area contributed by atoms with Crippen LogP contribution in [0.15, 0.2) is 6.20 Å². The van der Waals surface area contributed by atoms with E-state index in [4.69, 9.17) is 5.73 Å². The van der Waals surface area contributed by atoms with Gasteiger partial charge in [-0.25, -0.2) is 13.4 Å². The minimum Gasteiger partial charge on any atom is -0.369 e. The fourth-order valence-corrected chi connectivity index (χ4v) is 1.46. The number of hydrogen-bond donors (Lipinski definition) is 2. The third kappa shape index (κ3) is 4.11. The molecule has 0 aliphatic heterocycles. The molecule has 0 amide bonds. The van der Waals surface area contributed by atoms with Crippen LogP contribution < -0.4 is 11.1 Å². The van der Waals surface area contributed by atoms with Gasteiger partial charge < -0.3 is 11.1 Å². The second kappa shape index (κ2) is 4.43. The molecule has 84 valence electrons. The zero-order valence-corrected chi connectivity index (χ0v) is 9.50. The van der Waals surface area contributed by atoms with Crippen molar-refractivity contribution >= 4 is 21.6 Å². The summed E-state index contributed by atoms with van der Waals surface area (Å²) in [6, 6.07) is 0. The number of nitrogens with two attached hydrogens (primary N) is 1. The third-order valence-electron chi connectivity index (χ3n) is 1.76. The maximum atomic E-state index is 10.9. The Bertz CT molecular complexity index is 444. The minimum absolute atomic E-state index is 0.0658. The van der Waals surface area contributed by atoms with Crippen LogP contribution in [0.2, 0.25) is 0 Å². The van der Waals surface area contributed by atoms with Gasteiger partial charge in [0.05, 0.1) is 5.75 Å². The zero-order valence-electron chi connectivity index (χ0n) is 8.69. The SMILES string of the molecule is Cc1cnc(N)nc1NCCS(C)(=O)=O. The normalized spacial score (nSPS) is 11.3. The van der Waals surface area contributed by atoms with Gasteiger partial charge in [-0.05, 0) is 6.92 Å². The highest BCUT2D eigenvalue weighted by Crippen LogP contribution is 2.10. The van der Waals surface area contributed by atoms with Gasteiger partial charge in [0.25, 0.3) is 0 Å². The Labute approximate surface area is 88.8 Å². The molecule has 0 radical (unpaired) electrons. The number of hydrogen-bond acceptors (Lipinski definition) is 6. The molecular formula is C8H14N4O2S. The Morgan fingerprint density at radius 1 is 1.53 bits per heavy atom. The number of nitrogens with zero attached hydrogens (tertiary/aromatic N) is 2. The van der Waals surface area contributed by atoms with E-state index in [1.54, 1.807) is 6.20 Å². The molecule has 0 atom stereocenters. The number of rotatable bonds is 4. The predicted octanol–water partition coefficient (Wildman–Crippen LogP) is -0.176. The smallest absolute Gasteiger partial charge is 0.221 e. The lowest BCUT2D eigenvalue weighted by Gasteiger charge is -2.07. The number of nitrogens with one attached hydrogen (secondary N) is 1. The van der Waals surface area contributed by atoms with Crippen LogP contribution in [0, 0.1) is 6.92 Å². The summed E-state index contributed by atoms with van der Waals surface area (Å²) in [4.78, 5) is 7.76. The second-order valence-corrected chi connectivity index (χ2v) is 5.58. The van der Waals surface area contributed by atoms with Gasteiger partial charge in [0, 0.05) is 24.6 Å². The van der Waals surface area contributed by atoms with Crippen molar-refractivity contribution in [3.05, 3.63) is 11.8 Å². The Morgan fingerprint density at radius 3 is 2.80 bits per heavy atom. The van der Waals surface area contributed by atoms with Gasteiger partial charge >= 0.3 is 0 Å². The molecule has 1 heterocycles. The lowest BCUT2D eigenvalue weighted by molar-refractivity contribution is 0.602. The highest BCUT2D eigenvalue weighted by Gasteiger charge is 2.04. The van der Waals surface area contributed by atoms with Crippen molar-refractivity contribution in [1.29, 1.82) is 0 Å². The largest absolute Gasteiger partial charge is 0.369 e. The van der Waals surface area contributed by atoms with Crippen molar-refractivity contribution in [2.24, 2.45) is 0 Å². The maximum Gasteiger partial charge on any atom is 0.221 e. The summed E-state index contributed by atoms with van der Waals surface area (Å²) in [5, 5.41) is 2.90. The van der Waals surface area contributed by atoms with E-state index < -0.39 is 9.84 Å². The standard InChI is InChI=1S/C8H14N4O2S/c1-6-5-11-8(9)12-7(6)10-3-4-15(2,13)14/h5H,3-4H2,1-2H3,(H3,9,10,11,12). The fourth-order valence-electron chi connectivity index (χ4n) is 0.989. The molecule has 0 saturated heterocycles. The Balaban J connectivity index is 2.61. The molecule has 6 nitrogen and oxygen atoms in total. The van der Waals surface area contributed by atoms with E-state index in [0.717, 1.165) is 5.56 Å².